The van der Waals surface area contributed by atoms with E-state index in [1.54, 1.807) is 0 Å². The van der Waals surface area contributed by atoms with Crippen LogP contribution in [-0.4, -0.2) is 17.6 Å². The minimum atomic E-state index is 0.423. The Kier molecular flexibility index (Phi) is 4.83. The first-order chi connectivity index (χ1) is 13.1. The van der Waals surface area contributed by atoms with Crippen LogP contribution in [0.15, 0.2) is 48.5 Å². The molecule has 27 heavy (non-hydrogen) atoms. The Morgan fingerprint density at radius 2 is 1.67 bits per heavy atom. The van der Waals surface area contributed by atoms with Crippen molar-refractivity contribution in [3.63, 3.8) is 0 Å². The van der Waals surface area contributed by atoms with E-state index in [0.717, 1.165) is 13.1 Å². The van der Waals surface area contributed by atoms with Crippen LogP contribution in [0, 0.1) is 5.92 Å². The van der Waals surface area contributed by atoms with Gasteiger partial charge in [0.25, 0.3) is 0 Å². The molecule has 0 aliphatic carbocycles. The Morgan fingerprint density at radius 1 is 0.963 bits per heavy atom. The van der Waals surface area contributed by atoms with Gasteiger partial charge in [0.15, 0.2) is 0 Å². The van der Waals surface area contributed by atoms with Gasteiger partial charge in [-0.15, -0.1) is 5.53 Å². The second-order valence-electron chi connectivity index (χ2n) is 7.98. The highest BCUT2D eigenvalue weighted by Gasteiger charge is 2.31. The molecule has 2 N–H and O–H groups in total. The predicted molar refractivity (Wildman–Crippen MR) is 113 cm³/mol. The quantitative estimate of drug-likeness (QED) is 0.831. The molecule has 4 heteroatoms. The fourth-order valence-corrected chi connectivity index (χ4v) is 3.98. The zero-order valence-corrected chi connectivity index (χ0v) is 16.8. The standard InChI is InChI=1S/C23H30N4/c1-5-17(4)14-27-23-19-11-7-6-10-18(19)15-26(16(2)3)21-13-9-8-12-20(21)22(23)24-25-27/h6-13,16-17,24-25H,5,14-15H2,1-4H3. The summed E-state index contributed by atoms with van der Waals surface area (Å²) >= 11 is 0. The van der Waals surface area contributed by atoms with Gasteiger partial charge in [0, 0.05) is 35.9 Å². The van der Waals surface area contributed by atoms with E-state index in [0.29, 0.717) is 12.0 Å². The molecule has 1 atom stereocenters. The summed E-state index contributed by atoms with van der Waals surface area (Å²) in [4.78, 5) is 2.50. The fraction of sp³-hybridized carbons (Fsp3) is 0.391. The van der Waals surface area contributed by atoms with E-state index < -0.39 is 0 Å². The number of para-hydroxylation sites is 1. The SMILES string of the molecule is CCC(C)CN1NNC2=C1c1ccccc1CN(C(C)C)c1ccccc12. The van der Waals surface area contributed by atoms with Crippen LogP contribution in [0.4, 0.5) is 5.69 Å². The van der Waals surface area contributed by atoms with Crippen molar-refractivity contribution in [3.8, 4) is 0 Å². The van der Waals surface area contributed by atoms with Crippen LogP contribution in [0.2, 0.25) is 0 Å². The van der Waals surface area contributed by atoms with Crippen molar-refractivity contribution >= 4 is 17.1 Å². The van der Waals surface area contributed by atoms with Gasteiger partial charge in [-0.1, -0.05) is 62.7 Å². The van der Waals surface area contributed by atoms with Crippen molar-refractivity contribution in [2.24, 2.45) is 5.92 Å². The van der Waals surface area contributed by atoms with E-state index in [2.05, 4.69) is 97.1 Å². The summed E-state index contributed by atoms with van der Waals surface area (Å²) in [6, 6.07) is 18.0. The number of hydrogen-bond donors (Lipinski definition) is 2. The molecule has 0 amide bonds. The van der Waals surface area contributed by atoms with Crippen molar-refractivity contribution in [3.05, 3.63) is 65.2 Å². The zero-order chi connectivity index (χ0) is 19.0. The van der Waals surface area contributed by atoms with Gasteiger partial charge < -0.3 is 10.3 Å². The van der Waals surface area contributed by atoms with Crippen LogP contribution in [0.5, 0.6) is 0 Å². The summed E-state index contributed by atoms with van der Waals surface area (Å²) in [5, 5.41) is 2.30. The summed E-state index contributed by atoms with van der Waals surface area (Å²) < 4.78 is 0. The third kappa shape index (κ3) is 3.19. The van der Waals surface area contributed by atoms with Crippen molar-refractivity contribution < 1.29 is 0 Å². The average molecular weight is 363 g/mol. The highest BCUT2D eigenvalue weighted by molar-refractivity contribution is 5.95. The van der Waals surface area contributed by atoms with E-state index in [1.807, 2.05) is 0 Å². The summed E-state index contributed by atoms with van der Waals surface area (Å²) in [5.41, 5.74) is 14.6. The van der Waals surface area contributed by atoms with Crippen LogP contribution >= 0.6 is 0 Å². The molecule has 0 aromatic heterocycles. The first kappa shape index (κ1) is 17.9. The lowest BCUT2D eigenvalue weighted by Crippen LogP contribution is -2.40. The van der Waals surface area contributed by atoms with Gasteiger partial charge in [-0.25, -0.2) is 0 Å². The summed E-state index contributed by atoms with van der Waals surface area (Å²) in [5.74, 6) is 0.617. The lowest BCUT2D eigenvalue weighted by atomic mass is 9.95. The van der Waals surface area contributed by atoms with Crippen LogP contribution in [0.3, 0.4) is 0 Å². The molecule has 0 bridgehead atoms. The average Bonchev–Trinajstić information content (AvgIpc) is 3.07. The number of hydrazine groups is 2. The third-order valence-corrected chi connectivity index (χ3v) is 5.73. The van der Waals surface area contributed by atoms with Gasteiger partial charge in [-0.2, -0.15) is 0 Å². The van der Waals surface area contributed by atoms with Crippen LogP contribution in [0.25, 0.3) is 11.4 Å². The first-order valence-electron chi connectivity index (χ1n) is 10.1. The maximum Gasteiger partial charge on any atom is 0.0865 e. The molecule has 4 rings (SSSR count). The number of nitrogens with zero attached hydrogens (tertiary/aromatic N) is 2. The van der Waals surface area contributed by atoms with E-state index >= 15 is 0 Å². The second kappa shape index (κ2) is 7.28. The maximum atomic E-state index is 3.49. The highest BCUT2D eigenvalue weighted by Crippen LogP contribution is 2.40. The molecule has 142 valence electrons. The number of hydrogen-bond acceptors (Lipinski definition) is 4. The Bertz CT molecular complexity index is 855. The van der Waals surface area contributed by atoms with Crippen molar-refractivity contribution in [2.45, 2.75) is 46.7 Å². The molecule has 0 saturated carbocycles. The maximum absolute atomic E-state index is 3.49. The minimum Gasteiger partial charge on any atom is -0.364 e. The van der Waals surface area contributed by atoms with Gasteiger partial charge >= 0.3 is 0 Å². The summed E-state index contributed by atoms with van der Waals surface area (Å²) in [6.07, 6.45) is 1.17. The number of nitrogens with one attached hydrogen (secondary N) is 2. The molecule has 0 saturated heterocycles. The van der Waals surface area contributed by atoms with Gasteiger partial charge in [0.1, 0.15) is 0 Å². The van der Waals surface area contributed by atoms with Gasteiger partial charge in [-0.05, 0) is 31.4 Å². The molecule has 0 spiro atoms. The molecular formula is C23H30N4. The van der Waals surface area contributed by atoms with Crippen molar-refractivity contribution in [1.82, 2.24) is 16.0 Å². The smallest absolute Gasteiger partial charge is 0.0865 e. The molecule has 1 unspecified atom stereocenters. The molecule has 2 aliphatic rings. The fourth-order valence-electron chi connectivity index (χ4n) is 3.98. The number of fused-ring (bicyclic) bond motifs is 4. The predicted octanol–water partition coefficient (Wildman–Crippen LogP) is 4.61. The van der Waals surface area contributed by atoms with Gasteiger partial charge in [0.05, 0.1) is 11.4 Å². The molecule has 4 nitrogen and oxygen atoms in total. The van der Waals surface area contributed by atoms with Crippen LogP contribution in [-0.2, 0) is 6.54 Å². The summed E-state index contributed by atoms with van der Waals surface area (Å²) in [6.45, 7) is 11.0. The van der Waals surface area contributed by atoms with E-state index in [-0.39, 0.29) is 0 Å². The number of benzene rings is 2. The number of anilines is 1. The first-order valence-corrected chi connectivity index (χ1v) is 10.1. The Labute approximate surface area is 162 Å². The second-order valence-corrected chi connectivity index (χ2v) is 7.98. The molecular weight excluding hydrogens is 332 g/mol. The van der Waals surface area contributed by atoms with Crippen molar-refractivity contribution in [1.29, 1.82) is 0 Å². The minimum absolute atomic E-state index is 0.423. The van der Waals surface area contributed by atoms with E-state index in [4.69, 9.17) is 0 Å². The topological polar surface area (TPSA) is 30.5 Å². The molecule has 2 aromatic rings. The molecule has 2 aromatic carbocycles. The Morgan fingerprint density at radius 3 is 2.41 bits per heavy atom. The van der Waals surface area contributed by atoms with Gasteiger partial charge in [0.2, 0.25) is 0 Å². The lowest BCUT2D eigenvalue weighted by molar-refractivity contribution is 0.248. The monoisotopic (exact) mass is 362 g/mol. The molecule has 0 fully saturated rings. The van der Waals surface area contributed by atoms with Crippen LogP contribution in [0.1, 0.15) is 50.8 Å². The summed E-state index contributed by atoms with van der Waals surface area (Å²) in [7, 11) is 0. The molecule has 2 heterocycles. The van der Waals surface area contributed by atoms with Gasteiger partial charge in [-0.3, -0.25) is 5.01 Å². The largest absolute Gasteiger partial charge is 0.364 e. The third-order valence-electron chi connectivity index (χ3n) is 5.73. The molecule has 2 aliphatic heterocycles. The lowest BCUT2D eigenvalue weighted by Gasteiger charge is -2.34. The normalized spacial score (nSPS) is 17.1. The Hall–Kier alpha value is -2.46. The Balaban J connectivity index is 1.93. The molecule has 0 radical (unpaired) electrons. The zero-order valence-electron chi connectivity index (χ0n) is 16.8. The van der Waals surface area contributed by atoms with E-state index in [9.17, 15) is 0 Å². The highest BCUT2D eigenvalue weighted by atomic mass is 15.7. The number of rotatable bonds is 4. The van der Waals surface area contributed by atoms with E-state index in [1.165, 1.54) is 40.2 Å². The van der Waals surface area contributed by atoms with Crippen LogP contribution < -0.4 is 15.9 Å². The van der Waals surface area contributed by atoms with Crippen molar-refractivity contribution in [2.75, 3.05) is 11.4 Å².